The second-order valence-electron chi connectivity index (χ2n) is 4.34. The van der Waals surface area contributed by atoms with E-state index in [1.807, 2.05) is 4.90 Å². The van der Waals surface area contributed by atoms with E-state index in [0.29, 0.717) is 6.04 Å². The van der Waals surface area contributed by atoms with E-state index >= 15 is 0 Å². The molecule has 3 nitrogen and oxygen atoms in total. The number of piperidine rings is 1. The highest BCUT2D eigenvalue weighted by Crippen LogP contribution is 2.22. The van der Waals surface area contributed by atoms with Gasteiger partial charge in [0.1, 0.15) is 0 Å². The predicted octanol–water partition coefficient (Wildman–Crippen LogP) is 1.44. The van der Waals surface area contributed by atoms with Crippen molar-refractivity contribution < 1.29 is 4.79 Å². The topological polar surface area (TPSA) is 23.6 Å². The van der Waals surface area contributed by atoms with Gasteiger partial charge in [-0.25, -0.2) is 0 Å². The minimum Gasteiger partial charge on any atom is -0.335 e. The largest absolute Gasteiger partial charge is 0.335 e. The summed E-state index contributed by atoms with van der Waals surface area (Å²) in [5.74, 6) is -0.0955. The van der Waals surface area contributed by atoms with Crippen LogP contribution in [0.3, 0.4) is 0 Å². The highest BCUT2D eigenvalue weighted by Gasteiger charge is 2.31. The zero-order valence-electron chi connectivity index (χ0n) is 8.91. The van der Waals surface area contributed by atoms with Crippen LogP contribution >= 0.6 is 11.6 Å². The molecule has 84 valence electrons. The van der Waals surface area contributed by atoms with Crippen molar-refractivity contribution >= 4 is 17.5 Å². The molecule has 1 amide bonds. The third kappa shape index (κ3) is 2.34. The number of amides is 1. The standard InChI is InChI=1S/C11H17ClN2O/c1-9(12)11(15)14-7-6-13-5-3-2-4-10(13)8-14/h10H,1-8H2. The van der Waals surface area contributed by atoms with Crippen molar-refractivity contribution in [3.8, 4) is 0 Å². The summed E-state index contributed by atoms with van der Waals surface area (Å²) in [5, 5.41) is 0.138. The average Bonchev–Trinajstić information content (AvgIpc) is 2.27. The summed E-state index contributed by atoms with van der Waals surface area (Å²) in [4.78, 5) is 16.0. The molecule has 1 atom stereocenters. The maximum absolute atomic E-state index is 11.6. The molecule has 4 heteroatoms. The Morgan fingerprint density at radius 2 is 2.07 bits per heavy atom. The molecule has 1 unspecified atom stereocenters. The molecule has 0 aromatic rings. The van der Waals surface area contributed by atoms with Crippen molar-refractivity contribution in [3.63, 3.8) is 0 Å². The summed E-state index contributed by atoms with van der Waals surface area (Å²) < 4.78 is 0. The third-order valence-electron chi connectivity index (χ3n) is 3.36. The molecule has 0 saturated carbocycles. The molecule has 0 spiro atoms. The van der Waals surface area contributed by atoms with Crippen molar-refractivity contribution in [2.75, 3.05) is 26.2 Å². The lowest BCUT2D eigenvalue weighted by Gasteiger charge is -2.43. The number of nitrogens with zero attached hydrogens (tertiary/aromatic N) is 2. The Morgan fingerprint density at radius 1 is 1.27 bits per heavy atom. The molecule has 0 bridgehead atoms. The van der Waals surface area contributed by atoms with E-state index in [0.717, 1.165) is 19.6 Å². The van der Waals surface area contributed by atoms with Gasteiger partial charge < -0.3 is 4.90 Å². The minimum absolute atomic E-state index is 0.0955. The number of halogens is 1. The first-order valence-corrected chi connectivity index (χ1v) is 5.94. The van der Waals surface area contributed by atoms with E-state index in [-0.39, 0.29) is 10.9 Å². The third-order valence-corrected chi connectivity index (χ3v) is 3.52. The van der Waals surface area contributed by atoms with Gasteiger partial charge in [0, 0.05) is 25.7 Å². The second kappa shape index (κ2) is 4.54. The SMILES string of the molecule is C=C(Cl)C(=O)N1CCN2CCCCC2C1. The Kier molecular flexibility index (Phi) is 3.32. The zero-order valence-corrected chi connectivity index (χ0v) is 9.67. The van der Waals surface area contributed by atoms with Crippen LogP contribution in [0.15, 0.2) is 11.6 Å². The summed E-state index contributed by atoms with van der Waals surface area (Å²) in [5.41, 5.74) is 0. The van der Waals surface area contributed by atoms with E-state index in [2.05, 4.69) is 11.5 Å². The molecule has 0 radical (unpaired) electrons. The quantitative estimate of drug-likeness (QED) is 0.634. The summed E-state index contributed by atoms with van der Waals surface area (Å²) in [7, 11) is 0. The summed E-state index contributed by atoms with van der Waals surface area (Å²) in [6, 6.07) is 0.549. The van der Waals surface area contributed by atoms with Crippen LogP contribution in [0.2, 0.25) is 0 Å². The molecule has 15 heavy (non-hydrogen) atoms. The number of fused-ring (bicyclic) bond motifs is 1. The van der Waals surface area contributed by atoms with E-state index in [1.165, 1.54) is 25.8 Å². The summed E-state index contributed by atoms with van der Waals surface area (Å²) >= 11 is 5.64. The van der Waals surface area contributed by atoms with Crippen LogP contribution in [-0.2, 0) is 4.79 Å². The van der Waals surface area contributed by atoms with Crippen LogP contribution in [0.5, 0.6) is 0 Å². The van der Waals surface area contributed by atoms with Crippen molar-refractivity contribution in [1.29, 1.82) is 0 Å². The van der Waals surface area contributed by atoms with Gasteiger partial charge in [0.2, 0.25) is 0 Å². The fourth-order valence-electron chi connectivity index (χ4n) is 2.51. The maximum atomic E-state index is 11.6. The Bertz CT molecular complexity index is 280. The number of rotatable bonds is 1. The first kappa shape index (κ1) is 11.0. The fraction of sp³-hybridized carbons (Fsp3) is 0.727. The number of hydrogen-bond acceptors (Lipinski definition) is 2. The van der Waals surface area contributed by atoms with Crippen LogP contribution in [0.1, 0.15) is 19.3 Å². The van der Waals surface area contributed by atoms with Crippen LogP contribution in [0.25, 0.3) is 0 Å². The first-order chi connectivity index (χ1) is 7.18. The molecule has 2 saturated heterocycles. The molecule has 0 aliphatic carbocycles. The monoisotopic (exact) mass is 228 g/mol. The lowest BCUT2D eigenvalue weighted by Crippen LogP contribution is -2.56. The van der Waals surface area contributed by atoms with Gasteiger partial charge >= 0.3 is 0 Å². The van der Waals surface area contributed by atoms with Gasteiger partial charge in [0.05, 0.1) is 5.03 Å². The van der Waals surface area contributed by atoms with Crippen LogP contribution in [0, 0.1) is 0 Å². The van der Waals surface area contributed by atoms with Crippen LogP contribution < -0.4 is 0 Å². The Labute approximate surface area is 95.7 Å². The molecule has 2 aliphatic rings. The molecule has 2 heterocycles. The Balaban J connectivity index is 1.96. The molecular weight excluding hydrogens is 212 g/mol. The van der Waals surface area contributed by atoms with Crippen molar-refractivity contribution in [2.24, 2.45) is 0 Å². The van der Waals surface area contributed by atoms with Gasteiger partial charge in [-0.05, 0) is 19.4 Å². The van der Waals surface area contributed by atoms with Gasteiger partial charge in [-0.1, -0.05) is 24.6 Å². The molecule has 0 aromatic heterocycles. The first-order valence-electron chi connectivity index (χ1n) is 5.56. The van der Waals surface area contributed by atoms with Crippen molar-refractivity contribution in [2.45, 2.75) is 25.3 Å². The smallest absolute Gasteiger partial charge is 0.264 e. The average molecular weight is 229 g/mol. The zero-order chi connectivity index (χ0) is 10.8. The molecule has 2 fully saturated rings. The lowest BCUT2D eigenvalue weighted by atomic mass is 9.99. The number of hydrogen-bond donors (Lipinski definition) is 0. The van der Waals surface area contributed by atoms with E-state index in [1.54, 1.807) is 0 Å². The van der Waals surface area contributed by atoms with E-state index in [9.17, 15) is 4.79 Å². The number of carbonyl (C=O) groups is 1. The lowest BCUT2D eigenvalue weighted by molar-refractivity contribution is -0.129. The van der Waals surface area contributed by atoms with E-state index < -0.39 is 0 Å². The maximum Gasteiger partial charge on any atom is 0.264 e. The summed E-state index contributed by atoms with van der Waals surface area (Å²) in [6.07, 6.45) is 3.79. The normalized spacial score (nSPS) is 27.3. The summed E-state index contributed by atoms with van der Waals surface area (Å²) in [6.45, 7) is 7.29. The number of carbonyl (C=O) groups excluding carboxylic acids is 1. The molecule has 0 N–H and O–H groups in total. The van der Waals surface area contributed by atoms with Crippen molar-refractivity contribution in [3.05, 3.63) is 11.6 Å². The van der Waals surface area contributed by atoms with Gasteiger partial charge in [0.15, 0.2) is 0 Å². The van der Waals surface area contributed by atoms with Gasteiger partial charge in [-0.15, -0.1) is 0 Å². The van der Waals surface area contributed by atoms with Crippen LogP contribution in [0.4, 0.5) is 0 Å². The molecular formula is C11H17ClN2O. The van der Waals surface area contributed by atoms with Crippen molar-refractivity contribution in [1.82, 2.24) is 9.80 Å². The minimum atomic E-state index is -0.0955. The fourth-order valence-corrected chi connectivity index (χ4v) is 2.63. The Morgan fingerprint density at radius 3 is 2.80 bits per heavy atom. The highest BCUT2D eigenvalue weighted by molar-refractivity contribution is 6.41. The van der Waals surface area contributed by atoms with Crippen LogP contribution in [-0.4, -0.2) is 47.9 Å². The van der Waals surface area contributed by atoms with E-state index in [4.69, 9.17) is 11.6 Å². The Hall–Kier alpha value is -0.540. The van der Waals surface area contributed by atoms with Gasteiger partial charge in [0.25, 0.3) is 5.91 Å². The number of piperazine rings is 1. The molecule has 2 rings (SSSR count). The highest BCUT2D eigenvalue weighted by atomic mass is 35.5. The predicted molar refractivity (Wildman–Crippen MR) is 60.8 cm³/mol. The molecule has 0 aromatic carbocycles. The molecule has 2 aliphatic heterocycles. The van der Waals surface area contributed by atoms with Gasteiger partial charge in [-0.2, -0.15) is 0 Å². The second-order valence-corrected chi connectivity index (χ2v) is 4.80. The van der Waals surface area contributed by atoms with Gasteiger partial charge in [-0.3, -0.25) is 9.69 Å².